The lowest BCUT2D eigenvalue weighted by Crippen LogP contribution is -2.36. The molecule has 2 aromatic carbocycles. The highest BCUT2D eigenvalue weighted by Gasteiger charge is 2.36. The molecule has 3 rings (SSSR count). The summed E-state index contributed by atoms with van der Waals surface area (Å²) in [5, 5.41) is 9.05. The van der Waals surface area contributed by atoms with Crippen LogP contribution in [-0.2, 0) is 4.79 Å². The molecule has 1 heterocycles. The Labute approximate surface area is 163 Å². The first-order valence-corrected chi connectivity index (χ1v) is 8.78. The van der Waals surface area contributed by atoms with E-state index in [9.17, 15) is 14.4 Å². The molecule has 0 fully saturated rings. The highest BCUT2D eigenvalue weighted by Crippen LogP contribution is 2.37. The van der Waals surface area contributed by atoms with E-state index in [2.05, 4.69) is 15.9 Å². The van der Waals surface area contributed by atoms with Gasteiger partial charge in [0.15, 0.2) is 11.5 Å². The van der Waals surface area contributed by atoms with Gasteiger partial charge in [0.05, 0.1) is 33.8 Å². The smallest absolute Gasteiger partial charge is 0.331 e. The molecule has 1 aliphatic heterocycles. The van der Waals surface area contributed by atoms with Crippen LogP contribution < -0.4 is 9.47 Å². The number of nitriles is 1. The van der Waals surface area contributed by atoms with Crippen molar-refractivity contribution in [2.24, 2.45) is 0 Å². The summed E-state index contributed by atoms with van der Waals surface area (Å²) in [6.45, 7) is 1.51. The summed E-state index contributed by atoms with van der Waals surface area (Å²) in [6, 6.07) is 11.3. The second kappa shape index (κ2) is 7.60. The molecule has 2 amide bonds. The number of esters is 1. The highest BCUT2D eigenvalue weighted by atomic mass is 79.9. The van der Waals surface area contributed by atoms with Gasteiger partial charge in [0, 0.05) is 6.07 Å². The van der Waals surface area contributed by atoms with Crippen molar-refractivity contribution < 1.29 is 23.9 Å². The van der Waals surface area contributed by atoms with Crippen LogP contribution in [0.1, 0.15) is 33.2 Å². The van der Waals surface area contributed by atoms with E-state index in [0.29, 0.717) is 16.6 Å². The van der Waals surface area contributed by atoms with Gasteiger partial charge in [-0.3, -0.25) is 14.5 Å². The molecule has 2 aromatic rings. The molecular formula is C19H13BrN2O5. The minimum atomic E-state index is -0.809. The van der Waals surface area contributed by atoms with Gasteiger partial charge in [0.2, 0.25) is 0 Å². The topological polar surface area (TPSA) is 96.7 Å². The Morgan fingerprint density at radius 1 is 1.19 bits per heavy atom. The number of hydrogen-bond donors (Lipinski definition) is 0. The van der Waals surface area contributed by atoms with E-state index >= 15 is 0 Å². The quantitative estimate of drug-likeness (QED) is 0.412. The molecule has 0 aliphatic carbocycles. The van der Waals surface area contributed by atoms with Crippen LogP contribution in [0.25, 0.3) is 0 Å². The Balaban J connectivity index is 1.81. The maximum atomic E-state index is 12.4. The monoisotopic (exact) mass is 428 g/mol. The van der Waals surface area contributed by atoms with Gasteiger partial charge in [0.25, 0.3) is 11.8 Å². The van der Waals surface area contributed by atoms with Crippen LogP contribution in [-0.4, -0.2) is 35.8 Å². The summed E-state index contributed by atoms with van der Waals surface area (Å²) in [7, 11) is 0. The highest BCUT2D eigenvalue weighted by molar-refractivity contribution is 9.10. The van der Waals surface area contributed by atoms with E-state index in [1.807, 2.05) is 6.07 Å². The van der Waals surface area contributed by atoms with Crippen molar-refractivity contribution in [2.45, 2.75) is 6.92 Å². The van der Waals surface area contributed by atoms with Crippen molar-refractivity contribution in [1.29, 1.82) is 5.26 Å². The maximum Gasteiger partial charge on any atom is 0.331 e. The fourth-order valence-electron chi connectivity index (χ4n) is 2.65. The average molecular weight is 429 g/mol. The average Bonchev–Trinajstić information content (AvgIpc) is 2.89. The van der Waals surface area contributed by atoms with Crippen molar-refractivity contribution in [3.8, 4) is 17.6 Å². The minimum Gasteiger partial charge on any atom is -0.490 e. The van der Waals surface area contributed by atoms with E-state index < -0.39 is 24.3 Å². The number of carbonyl (C=O) groups excluding carboxylic acids is 3. The van der Waals surface area contributed by atoms with E-state index in [1.165, 1.54) is 24.3 Å². The molecule has 0 atom stereocenters. The number of carbonyl (C=O) groups is 3. The number of benzene rings is 2. The van der Waals surface area contributed by atoms with Crippen LogP contribution in [0.5, 0.6) is 11.5 Å². The van der Waals surface area contributed by atoms with Crippen molar-refractivity contribution >= 4 is 33.7 Å². The fourth-order valence-corrected chi connectivity index (χ4v) is 3.18. The molecule has 0 saturated carbocycles. The summed E-state index contributed by atoms with van der Waals surface area (Å²) in [5.74, 6) is -1.61. The number of halogens is 1. The first-order valence-electron chi connectivity index (χ1n) is 7.98. The molecule has 0 saturated heterocycles. The molecule has 27 heavy (non-hydrogen) atoms. The third kappa shape index (κ3) is 3.55. The normalized spacial score (nSPS) is 12.6. The minimum absolute atomic E-state index is 0.0810. The molecule has 0 N–H and O–H groups in total. The van der Waals surface area contributed by atoms with Gasteiger partial charge in [-0.1, -0.05) is 12.1 Å². The summed E-state index contributed by atoms with van der Waals surface area (Å²) < 4.78 is 11.1. The number of imide groups is 1. The molecular weight excluding hydrogens is 416 g/mol. The molecule has 136 valence electrons. The lowest BCUT2D eigenvalue weighted by molar-refractivity contribution is -0.134. The molecule has 0 bridgehead atoms. The molecule has 1 aliphatic rings. The lowest BCUT2D eigenvalue weighted by atomic mass is 10.1. The van der Waals surface area contributed by atoms with Crippen LogP contribution in [0.2, 0.25) is 0 Å². The molecule has 0 unspecified atom stereocenters. The summed E-state index contributed by atoms with van der Waals surface area (Å²) in [6.07, 6.45) is 0. The predicted molar refractivity (Wildman–Crippen MR) is 97.5 cm³/mol. The Bertz CT molecular complexity index is 961. The van der Waals surface area contributed by atoms with Gasteiger partial charge in [-0.25, -0.2) is 4.79 Å². The first kappa shape index (κ1) is 18.6. The molecule has 0 aromatic heterocycles. The second-order valence-electron chi connectivity index (χ2n) is 5.55. The third-order valence-corrected chi connectivity index (χ3v) is 4.41. The maximum absolute atomic E-state index is 12.4. The number of amides is 2. The van der Waals surface area contributed by atoms with Crippen molar-refractivity contribution in [3.05, 3.63) is 57.6 Å². The molecule has 8 heteroatoms. The summed E-state index contributed by atoms with van der Waals surface area (Å²) in [5.41, 5.74) is 0.834. The van der Waals surface area contributed by atoms with Gasteiger partial charge in [-0.05, 0) is 41.1 Å². The van der Waals surface area contributed by atoms with Crippen molar-refractivity contribution in [1.82, 2.24) is 4.90 Å². The second-order valence-corrected chi connectivity index (χ2v) is 6.40. The van der Waals surface area contributed by atoms with E-state index in [0.717, 1.165) is 4.90 Å². The number of nitrogens with zero attached hydrogens (tertiary/aromatic N) is 2. The van der Waals surface area contributed by atoms with Crippen LogP contribution in [0.4, 0.5) is 0 Å². The third-order valence-electron chi connectivity index (χ3n) is 3.82. The van der Waals surface area contributed by atoms with E-state index in [-0.39, 0.29) is 22.6 Å². The van der Waals surface area contributed by atoms with Gasteiger partial charge in [0.1, 0.15) is 6.54 Å². The Morgan fingerprint density at radius 2 is 1.81 bits per heavy atom. The number of hydrogen-bond acceptors (Lipinski definition) is 6. The largest absolute Gasteiger partial charge is 0.490 e. The van der Waals surface area contributed by atoms with Crippen LogP contribution >= 0.6 is 15.9 Å². The zero-order valence-corrected chi connectivity index (χ0v) is 15.8. The fraction of sp³-hybridized carbons (Fsp3) is 0.158. The van der Waals surface area contributed by atoms with E-state index in [4.69, 9.17) is 14.7 Å². The summed E-state index contributed by atoms with van der Waals surface area (Å²) >= 11 is 3.24. The predicted octanol–water partition coefficient (Wildman–Crippen LogP) is 2.92. The lowest BCUT2D eigenvalue weighted by Gasteiger charge is -2.15. The number of fused-ring (bicyclic) bond motifs is 1. The van der Waals surface area contributed by atoms with Gasteiger partial charge >= 0.3 is 5.97 Å². The number of rotatable bonds is 5. The SMILES string of the molecule is CCOc1cc(C#N)cc(Br)c1OC(=O)CN1C(=O)c2ccccc2C1=O. The van der Waals surface area contributed by atoms with Crippen molar-refractivity contribution in [3.63, 3.8) is 0 Å². The Kier molecular flexibility index (Phi) is 5.23. The Morgan fingerprint density at radius 3 is 2.37 bits per heavy atom. The summed E-state index contributed by atoms with van der Waals surface area (Å²) in [4.78, 5) is 37.9. The van der Waals surface area contributed by atoms with Crippen LogP contribution in [0.3, 0.4) is 0 Å². The van der Waals surface area contributed by atoms with E-state index in [1.54, 1.807) is 19.1 Å². The van der Waals surface area contributed by atoms with Crippen LogP contribution in [0, 0.1) is 11.3 Å². The van der Waals surface area contributed by atoms with Crippen molar-refractivity contribution in [2.75, 3.05) is 13.2 Å². The zero-order valence-electron chi connectivity index (χ0n) is 14.2. The van der Waals surface area contributed by atoms with Crippen LogP contribution in [0.15, 0.2) is 40.9 Å². The first-order chi connectivity index (χ1) is 13.0. The standard InChI is InChI=1S/C19H13BrN2O5/c1-2-26-15-8-11(9-21)7-14(20)17(15)27-16(23)10-22-18(24)12-5-3-4-6-13(12)19(22)25/h3-8H,2,10H2,1H3. The molecule has 0 radical (unpaired) electrons. The van der Waals surface area contributed by atoms with Gasteiger partial charge in [-0.15, -0.1) is 0 Å². The zero-order chi connectivity index (χ0) is 19.6. The Hall–Kier alpha value is -3.18. The molecule has 7 nitrogen and oxygen atoms in total. The van der Waals surface area contributed by atoms with Gasteiger partial charge < -0.3 is 9.47 Å². The molecule has 0 spiro atoms. The van der Waals surface area contributed by atoms with Gasteiger partial charge in [-0.2, -0.15) is 5.26 Å². The number of ether oxygens (including phenoxy) is 2.